The number of urea groups is 1. The molecule has 0 heterocycles. The van der Waals surface area contributed by atoms with Gasteiger partial charge in [-0.25, -0.2) is 9.18 Å². The van der Waals surface area contributed by atoms with Crippen LogP contribution in [-0.4, -0.2) is 39.4 Å². The Balaban J connectivity index is 2.18. The highest BCUT2D eigenvalue weighted by Crippen LogP contribution is 2.24. The maximum absolute atomic E-state index is 12.8. The summed E-state index contributed by atoms with van der Waals surface area (Å²) >= 11 is 5.78. The van der Waals surface area contributed by atoms with E-state index in [0.717, 1.165) is 0 Å². The zero-order valence-corrected chi connectivity index (χ0v) is 11.3. The summed E-state index contributed by atoms with van der Waals surface area (Å²) in [6.45, 7) is 1.44. The molecule has 0 aliphatic rings. The lowest BCUT2D eigenvalue weighted by atomic mass is 10.3. The molecule has 7 heteroatoms. The fourth-order valence-electron chi connectivity index (χ4n) is 1.25. The number of benzene rings is 1. The van der Waals surface area contributed by atoms with E-state index < -0.39 is 5.82 Å². The highest BCUT2D eigenvalue weighted by atomic mass is 35.5. The molecule has 5 nitrogen and oxygen atoms in total. The monoisotopic (exact) mass is 290 g/mol. The highest BCUT2D eigenvalue weighted by Gasteiger charge is 2.03. The van der Waals surface area contributed by atoms with Crippen LogP contribution in [0.1, 0.15) is 0 Å². The number of amides is 2. The van der Waals surface area contributed by atoms with E-state index in [2.05, 4.69) is 10.6 Å². The first kappa shape index (κ1) is 15.5. The summed E-state index contributed by atoms with van der Waals surface area (Å²) in [4.78, 5) is 11.2. The summed E-state index contributed by atoms with van der Waals surface area (Å²) in [7, 11) is 1.56. The number of hydrogen-bond donors (Lipinski definition) is 2. The molecule has 0 aliphatic heterocycles. The largest absolute Gasteiger partial charge is 0.490 e. The summed E-state index contributed by atoms with van der Waals surface area (Å²) in [5.41, 5.74) is 0. The highest BCUT2D eigenvalue weighted by molar-refractivity contribution is 6.32. The van der Waals surface area contributed by atoms with Gasteiger partial charge in [0.15, 0.2) is 0 Å². The van der Waals surface area contributed by atoms with Gasteiger partial charge in [0.2, 0.25) is 0 Å². The van der Waals surface area contributed by atoms with Crippen molar-refractivity contribution in [2.24, 2.45) is 0 Å². The molecule has 19 heavy (non-hydrogen) atoms. The molecule has 0 unspecified atom stereocenters. The molecule has 1 rings (SSSR count). The van der Waals surface area contributed by atoms with Gasteiger partial charge in [0.05, 0.1) is 18.2 Å². The molecule has 2 N–H and O–H groups in total. The van der Waals surface area contributed by atoms with E-state index in [0.29, 0.717) is 25.4 Å². The van der Waals surface area contributed by atoms with Gasteiger partial charge in [0, 0.05) is 13.7 Å². The third-order valence-electron chi connectivity index (χ3n) is 2.13. The number of hydrogen-bond acceptors (Lipinski definition) is 3. The quantitative estimate of drug-likeness (QED) is 0.753. The van der Waals surface area contributed by atoms with Crippen LogP contribution < -0.4 is 15.4 Å². The number of carbonyl (C=O) groups excluding carboxylic acids is 1. The van der Waals surface area contributed by atoms with E-state index in [1.807, 2.05) is 0 Å². The van der Waals surface area contributed by atoms with Crippen molar-refractivity contribution < 1.29 is 18.7 Å². The number of rotatable bonds is 7. The fourth-order valence-corrected chi connectivity index (χ4v) is 1.47. The van der Waals surface area contributed by atoms with Crippen LogP contribution in [0.25, 0.3) is 0 Å². The molecule has 0 spiro atoms. The molecule has 0 saturated heterocycles. The number of carbonyl (C=O) groups is 1. The lowest BCUT2D eigenvalue weighted by molar-refractivity contribution is 0.195. The molecule has 1 aromatic rings. The number of ether oxygens (including phenoxy) is 2. The van der Waals surface area contributed by atoms with Gasteiger partial charge in [-0.2, -0.15) is 0 Å². The second kappa shape index (κ2) is 8.55. The molecule has 0 aromatic heterocycles. The van der Waals surface area contributed by atoms with Crippen molar-refractivity contribution >= 4 is 17.6 Å². The average Bonchev–Trinajstić information content (AvgIpc) is 2.37. The first-order valence-electron chi connectivity index (χ1n) is 5.72. The Morgan fingerprint density at radius 1 is 1.32 bits per heavy atom. The molecule has 0 saturated carbocycles. The van der Waals surface area contributed by atoms with E-state index in [9.17, 15) is 9.18 Å². The van der Waals surface area contributed by atoms with Crippen LogP contribution >= 0.6 is 11.6 Å². The average molecular weight is 291 g/mol. The summed E-state index contributed by atoms with van der Waals surface area (Å²) in [6, 6.07) is 3.57. The molecular weight excluding hydrogens is 275 g/mol. The maximum atomic E-state index is 12.8. The van der Waals surface area contributed by atoms with Gasteiger partial charge in [0.25, 0.3) is 0 Å². The normalized spacial score (nSPS) is 10.1. The summed E-state index contributed by atoms with van der Waals surface area (Å²) in [6.07, 6.45) is 0. The minimum atomic E-state index is -0.423. The van der Waals surface area contributed by atoms with Gasteiger partial charge in [-0.15, -0.1) is 0 Å². The zero-order chi connectivity index (χ0) is 14.1. The van der Waals surface area contributed by atoms with Crippen LogP contribution in [0.4, 0.5) is 9.18 Å². The third kappa shape index (κ3) is 6.26. The summed E-state index contributed by atoms with van der Waals surface area (Å²) < 4.78 is 22.9. The Kier molecular flexibility index (Phi) is 6.99. The van der Waals surface area contributed by atoms with Gasteiger partial charge in [-0.1, -0.05) is 11.6 Å². The van der Waals surface area contributed by atoms with Crippen molar-refractivity contribution in [2.75, 3.05) is 33.4 Å². The molecule has 106 valence electrons. The number of nitrogens with one attached hydrogen (secondary N) is 2. The number of methoxy groups -OCH3 is 1. The molecule has 0 fully saturated rings. The second-order valence-corrected chi connectivity index (χ2v) is 4.01. The van der Waals surface area contributed by atoms with Crippen LogP contribution in [0.3, 0.4) is 0 Å². The zero-order valence-electron chi connectivity index (χ0n) is 10.5. The molecule has 0 bridgehead atoms. The van der Waals surface area contributed by atoms with Crippen molar-refractivity contribution in [1.29, 1.82) is 0 Å². The van der Waals surface area contributed by atoms with Crippen molar-refractivity contribution in [1.82, 2.24) is 10.6 Å². The predicted octanol–water partition coefficient (Wildman–Crippen LogP) is 1.80. The van der Waals surface area contributed by atoms with Crippen LogP contribution in [0.5, 0.6) is 5.75 Å². The topological polar surface area (TPSA) is 59.6 Å². The lowest BCUT2D eigenvalue weighted by Gasteiger charge is -2.09. The number of halogens is 2. The van der Waals surface area contributed by atoms with E-state index in [4.69, 9.17) is 21.1 Å². The van der Waals surface area contributed by atoms with E-state index in [1.54, 1.807) is 7.11 Å². The van der Waals surface area contributed by atoms with E-state index in [1.165, 1.54) is 18.2 Å². The molecule has 0 radical (unpaired) electrons. The third-order valence-corrected chi connectivity index (χ3v) is 2.43. The molecular formula is C12H16ClFN2O3. The van der Waals surface area contributed by atoms with E-state index >= 15 is 0 Å². The van der Waals surface area contributed by atoms with Gasteiger partial charge < -0.3 is 20.1 Å². The van der Waals surface area contributed by atoms with Crippen molar-refractivity contribution in [3.8, 4) is 5.75 Å². The Morgan fingerprint density at radius 3 is 2.63 bits per heavy atom. The van der Waals surface area contributed by atoms with Gasteiger partial charge in [0.1, 0.15) is 18.2 Å². The Labute approximate surface area is 116 Å². The lowest BCUT2D eigenvalue weighted by Crippen LogP contribution is -2.39. The minimum absolute atomic E-state index is 0.199. The van der Waals surface area contributed by atoms with Crippen LogP contribution in [0.15, 0.2) is 18.2 Å². The Hall–Kier alpha value is -1.53. The summed E-state index contributed by atoms with van der Waals surface area (Å²) in [5.74, 6) is -0.0438. The van der Waals surface area contributed by atoms with E-state index in [-0.39, 0.29) is 17.7 Å². The predicted molar refractivity (Wildman–Crippen MR) is 70.2 cm³/mol. The first-order chi connectivity index (χ1) is 9.13. The van der Waals surface area contributed by atoms with Crippen LogP contribution in [0.2, 0.25) is 5.02 Å². The first-order valence-corrected chi connectivity index (χ1v) is 6.09. The van der Waals surface area contributed by atoms with Crippen molar-refractivity contribution in [2.45, 2.75) is 0 Å². The Morgan fingerprint density at radius 2 is 2.00 bits per heavy atom. The van der Waals surface area contributed by atoms with Crippen molar-refractivity contribution in [3.05, 3.63) is 29.0 Å². The van der Waals surface area contributed by atoms with Crippen LogP contribution in [-0.2, 0) is 4.74 Å². The van der Waals surface area contributed by atoms with Gasteiger partial charge >= 0.3 is 6.03 Å². The molecule has 2 amide bonds. The van der Waals surface area contributed by atoms with Crippen molar-refractivity contribution in [3.63, 3.8) is 0 Å². The summed E-state index contributed by atoms with van der Waals surface area (Å²) in [5, 5.41) is 5.39. The Bertz CT molecular complexity index is 418. The standard InChI is InChI=1S/C12H16ClFN2O3/c1-18-6-4-15-12(17)16-5-7-19-11-3-2-9(14)8-10(11)13/h2-3,8H,4-7H2,1H3,(H2,15,16,17). The van der Waals surface area contributed by atoms with Crippen LogP contribution in [0, 0.1) is 5.82 Å². The molecule has 0 aliphatic carbocycles. The molecule has 0 atom stereocenters. The minimum Gasteiger partial charge on any atom is -0.490 e. The SMILES string of the molecule is COCCNC(=O)NCCOc1ccc(F)cc1Cl. The second-order valence-electron chi connectivity index (χ2n) is 3.60. The smallest absolute Gasteiger partial charge is 0.314 e. The molecule has 1 aromatic carbocycles. The maximum Gasteiger partial charge on any atom is 0.314 e. The van der Waals surface area contributed by atoms with Gasteiger partial charge in [-0.3, -0.25) is 0 Å². The van der Waals surface area contributed by atoms with Gasteiger partial charge in [-0.05, 0) is 18.2 Å². The fraction of sp³-hybridized carbons (Fsp3) is 0.417.